The highest BCUT2D eigenvalue weighted by atomic mass is 16.5. The molecule has 3 aromatic rings. The monoisotopic (exact) mass is 354 g/mol. The average molecular weight is 354 g/mol. The first-order valence-corrected chi connectivity index (χ1v) is 8.07. The summed E-state index contributed by atoms with van der Waals surface area (Å²) >= 11 is 0. The van der Waals surface area contributed by atoms with Gasteiger partial charge < -0.3 is 18.6 Å². The van der Waals surface area contributed by atoms with Crippen molar-refractivity contribution in [1.29, 1.82) is 0 Å². The van der Waals surface area contributed by atoms with Crippen molar-refractivity contribution in [2.75, 3.05) is 7.11 Å². The highest BCUT2D eigenvalue weighted by Gasteiger charge is 2.14. The Bertz CT molecular complexity index is 1000. The van der Waals surface area contributed by atoms with Gasteiger partial charge in [-0.15, -0.1) is 0 Å². The molecule has 0 amide bonds. The smallest absolute Gasteiger partial charge is 0.313 e. The van der Waals surface area contributed by atoms with Crippen LogP contribution in [0.5, 0.6) is 23.0 Å². The topological polar surface area (TPSA) is 75.0 Å². The van der Waals surface area contributed by atoms with Crippen LogP contribution in [0.15, 0.2) is 57.9 Å². The lowest BCUT2D eigenvalue weighted by molar-refractivity contribution is -0.137. The molecule has 0 N–H and O–H groups in total. The normalized spacial score (nSPS) is 10.8. The van der Waals surface area contributed by atoms with Gasteiger partial charge in [-0.2, -0.15) is 0 Å². The van der Waals surface area contributed by atoms with Crippen molar-refractivity contribution >= 4 is 16.9 Å². The summed E-state index contributed by atoms with van der Waals surface area (Å²) in [6.07, 6.45) is 1.23. The number of benzene rings is 2. The molecule has 0 aliphatic rings. The van der Waals surface area contributed by atoms with Crippen LogP contribution in [0.2, 0.25) is 0 Å². The molecule has 2 aromatic carbocycles. The fourth-order valence-electron chi connectivity index (χ4n) is 2.28. The molecule has 0 saturated carbocycles. The van der Waals surface area contributed by atoms with E-state index in [2.05, 4.69) is 0 Å². The van der Waals surface area contributed by atoms with Crippen LogP contribution in [0.3, 0.4) is 0 Å². The second-order valence-corrected chi connectivity index (χ2v) is 5.92. The number of esters is 1. The van der Waals surface area contributed by atoms with Crippen molar-refractivity contribution in [3.63, 3.8) is 0 Å². The van der Waals surface area contributed by atoms with Crippen molar-refractivity contribution in [3.05, 3.63) is 59.0 Å². The molecule has 0 unspecified atom stereocenters. The van der Waals surface area contributed by atoms with Crippen LogP contribution in [0.25, 0.3) is 11.0 Å². The summed E-state index contributed by atoms with van der Waals surface area (Å²) in [7, 11) is 1.52. The lowest BCUT2D eigenvalue weighted by Crippen LogP contribution is -2.14. The van der Waals surface area contributed by atoms with E-state index >= 15 is 0 Å². The van der Waals surface area contributed by atoms with E-state index in [9.17, 15) is 9.59 Å². The van der Waals surface area contributed by atoms with Crippen molar-refractivity contribution < 1.29 is 23.4 Å². The van der Waals surface area contributed by atoms with Gasteiger partial charge in [-0.3, -0.25) is 9.59 Å². The lowest BCUT2D eigenvalue weighted by Gasteiger charge is -2.10. The summed E-state index contributed by atoms with van der Waals surface area (Å²) < 4.78 is 21.6. The Morgan fingerprint density at radius 1 is 1.04 bits per heavy atom. The summed E-state index contributed by atoms with van der Waals surface area (Å²) in [5.41, 5.74) is -0.0321. The van der Waals surface area contributed by atoms with Crippen molar-refractivity contribution in [2.45, 2.75) is 13.8 Å². The maximum absolute atomic E-state index is 12.6. The van der Waals surface area contributed by atoms with E-state index in [4.69, 9.17) is 18.6 Å². The Hall–Kier alpha value is -3.28. The molecule has 0 saturated heterocycles. The van der Waals surface area contributed by atoms with Crippen LogP contribution >= 0.6 is 0 Å². The van der Waals surface area contributed by atoms with Crippen molar-refractivity contribution in [1.82, 2.24) is 0 Å². The Balaban J connectivity index is 1.94. The van der Waals surface area contributed by atoms with Crippen LogP contribution in [0.4, 0.5) is 0 Å². The first-order valence-electron chi connectivity index (χ1n) is 8.07. The molecule has 6 nitrogen and oxygen atoms in total. The van der Waals surface area contributed by atoms with Gasteiger partial charge in [0.15, 0.2) is 11.5 Å². The molecule has 0 bridgehead atoms. The molecule has 0 radical (unpaired) electrons. The van der Waals surface area contributed by atoms with Gasteiger partial charge in [-0.1, -0.05) is 26.0 Å². The zero-order valence-corrected chi connectivity index (χ0v) is 14.6. The van der Waals surface area contributed by atoms with E-state index in [1.165, 1.54) is 19.4 Å². The maximum Gasteiger partial charge on any atom is 0.313 e. The van der Waals surface area contributed by atoms with E-state index in [0.29, 0.717) is 28.2 Å². The largest absolute Gasteiger partial charge is 0.493 e. The highest BCUT2D eigenvalue weighted by molar-refractivity contribution is 5.81. The molecule has 6 heteroatoms. The minimum Gasteiger partial charge on any atom is -0.493 e. The Morgan fingerprint density at radius 3 is 2.46 bits per heavy atom. The summed E-state index contributed by atoms with van der Waals surface area (Å²) in [4.78, 5) is 24.3. The third kappa shape index (κ3) is 3.54. The number of hydrogen-bond donors (Lipinski definition) is 0. The Kier molecular flexibility index (Phi) is 4.93. The number of hydrogen-bond acceptors (Lipinski definition) is 6. The summed E-state index contributed by atoms with van der Waals surface area (Å²) in [6, 6.07) is 11.6. The zero-order valence-electron chi connectivity index (χ0n) is 14.6. The van der Waals surface area contributed by atoms with Crippen molar-refractivity contribution in [2.24, 2.45) is 5.92 Å². The second-order valence-electron chi connectivity index (χ2n) is 5.92. The molecule has 1 heterocycles. The fraction of sp³-hybridized carbons (Fsp3) is 0.200. The maximum atomic E-state index is 12.6. The zero-order chi connectivity index (χ0) is 18.7. The highest BCUT2D eigenvalue weighted by Crippen LogP contribution is 2.30. The SMILES string of the molecule is COc1ccccc1Oc1coc2cc(OC(=O)C(C)C)ccc2c1=O. The molecule has 0 spiro atoms. The Morgan fingerprint density at radius 2 is 1.77 bits per heavy atom. The molecule has 26 heavy (non-hydrogen) atoms. The summed E-state index contributed by atoms with van der Waals surface area (Å²) in [6.45, 7) is 3.48. The standard InChI is InChI=1S/C20H18O6/c1-12(2)20(22)25-13-8-9-14-17(10-13)24-11-18(19(14)21)26-16-7-5-4-6-15(16)23-3/h4-12H,1-3H3. The average Bonchev–Trinajstić information content (AvgIpc) is 2.64. The third-order valence-electron chi connectivity index (χ3n) is 3.69. The van der Waals surface area contributed by atoms with E-state index in [-0.39, 0.29) is 23.1 Å². The number of para-hydroxylation sites is 2. The fourth-order valence-corrected chi connectivity index (χ4v) is 2.28. The molecule has 134 valence electrons. The minimum atomic E-state index is -0.358. The summed E-state index contributed by atoms with van der Waals surface area (Å²) in [5.74, 6) is 0.649. The lowest BCUT2D eigenvalue weighted by atomic mass is 10.2. The predicted octanol–water partition coefficient (Wildman–Crippen LogP) is 4.16. The van der Waals surface area contributed by atoms with Gasteiger partial charge in [0.05, 0.1) is 18.4 Å². The van der Waals surface area contributed by atoms with Gasteiger partial charge in [-0.05, 0) is 24.3 Å². The number of fused-ring (bicyclic) bond motifs is 1. The predicted molar refractivity (Wildman–Crippen MR) is 96.0 cm³/mol. The van der Waals surface area contributed by atoms with Gasteiger partial charge in [0, 0.05) is 6.07 Å². The van der Waals surface area contributed by atoms with Crippen molar-refractivity contribution in [3.8, 4) is 23.0 Å². The van der Waals surface area contributed by atoms with Crippen LogP contribution in [-0.4, -0.2) is 13.1 Å². The van der Waals surface area contributed by atoms with Gasteiger partial charge in [0.25, 0.3) is 0 Å². The first kappa shape index (κ1) is 17.5. The molecular formula is C20H18O6. The van der Waals surface area contributed by atoms with Crippen LogP contribution in [0.1, 0.15) is 13.8 Å². The molecule has 0 aliphatic heterocycles. The van der Waals surface area contributed by atoms with Gasteiger partial charge in [-0.25, -0.2) is 0 Å². The van der Waals surface area contributed by atoms with Crippen LogP contribution in [0, 0.1) is 5.92 Å². The van der Waals surface area contributed by atoms with Gasteiger partial charge in [0.2, 0.25) is 11.2 Å². The molecule has 0 aliphatic carbocycles. The van der Waals surface area contributed by atoms with E-state index in [0.717, 1.165) is 0 Å². The number of ether oxygens (including phenoxy) is 3. The number of carbonyl (C=O) groups is 1. The number of rotatable bonds is 5. The molecule has 0 atom stereocenters. The molecule has 3 rings (SSSR count). The summed E-state index contributed by atoms with van der Waals surface area (Å²) in [5, 5.41) is 0.321. The molecule has 1 aromatic heterocycles. The third-order valence-corrected chi connectivity index (χ3v) is 3.69. The van der Waals surface area contributed by atoms with Crippen LogP contribution in [-0.2, 0) is 4.79 Å². The van der Waals surface area contributed by atoms with E-state index < -0.39 is 0 Å². The van der Waals surface area contributed by atoms with Crippen LogP contribution < -0.4 is 19.6 Å². The number of carbonyl (C=O) groups excluding carboxylic acids is 1. The second kappa shape index (κ2) is 7.31. The molecule has 0 fully saturated rings. The van der Waals surface area contributed by atoms with Gasteiger partial charge in [0.1, 0.15) is 17.6 Å². The quantitative estimate of drug-likeness (QED) is 0.506. The van der Waals surface area contributed by atoms with E-state index in [1.54, 1.807) is 50.2 Å². The minimum absolute atomic E-state index is 0.0360. The van der Waals surface area contributed by atoms with Gasteiger partial charge >= 0.3 is 5.97 Å². The first-order chi connectivity index (χ1) is 12.5. The Labute approximate surface area is 149 Å². The number of methoxy groups -OCH3 is 1. The molecular weight excluding hydrogens is 336 g/mol. The van der Waals surface area contributed by atoms with E-state index in [1.807, 2.05) is 0 Å².